The van der Waals surface area contributed by atoms with Crippen LogP contribution in [0.2, 0.25) is 0 Å². The molecule has 3 aromatic heterocycles. The van der Waals surface area contributed by atoms with Crippen LogP contribution in [-0.4, -0.2) is 43.6 Å². The molecule has 0 spiro atoms. The van der Waals surface area contributed by atoms with Gasteiger partial charge in [-0.2, -0.15) is 4.98 Å². The summed E-state index contributed by atoms with van der Waals surface area (Å²) in [5, 5.41) is 2.59. The number of nitrogens with two attached hydrogens (primary N) is 2. The maximum Gasteiger partial charge on any atom is 0.332 e. The van der Waals surface area contributed by atoms with E-state index < -0.39 is 11.2 Å². The smallest absolute Gasteiger partial charge is 0.332 e. The van der Waals surface area contributed by atoms with Crippen molar-refractivity contribution in [3.63, 3.8) is 0 Å². The Morgan fingerprint density at radius 2 is 1.87 bits per heavy atom. The van der Waals surface area contributed by atoms with E-state index >= 15 is 0 Å². The molecule has 0 aliphatic carbocycles. The quantitative estimate of drug-likeness (QED) is 0.248. The van der Waals surface area contributed by atoms with Gasteiger partial charge in [0.15, 0.2) is 16.9 Å². The number of thiophene rings is 1. The number of aromatic nitrogens is 4. The van der Waals surface area contributed by atoms with Gasteiger partial charge in [-0.1, -0.05) is 36.4 Å². The molecule has 1 saturated heterocycles. The summed E-state index contributed by atoms with van der Waals surface area (Å²) in [5.74, 6) is 0.259. The average molecular weight is 544 g/mol. The zero-order valence-electron chi connectivity index (χ0n) is 21.5. The molecule has 4 heterocycles. The van der Waals surface area contributed by atoms with Crippen LogP contribution in [-0.2, 0) is 20.1 Å². The standard InChI is InChI=1S/C28H29N7O3S/c1-32-25-24(26(37)35(28(32)38)15-22(36)20-16-39-23-11-5-3-9-19(20)23)34(13-17-7-2-4-10-21(17)30)27(31-25)33-12-6-8-18(29)14-33/h2-5,7,9-11,16,18H,6,8,12-15,29-30H2,1H3. The van der Waals surface area contributed by atoms with Crippen molar-refractivity contribution >= 4 is 50.0 Å². The van der Waals surface area contributed by atoms with Crippen LogP contribution in [0.3, 0.4) is 0 Å². The second kappa shape index (κ2) is 9.83. The largest absolute Gasteiger partial charge is 0.398 e. The lowest BCUT2D eigenvalue weighted by atomic mass is 10.1. The zero-order valence-corrected chi connectivity index (χ0v) is 22.4. The first-order valence-electron chi connectivity index (χ1n) is 12.9. The van der Waals surface area contributed by atoms with Gasteiger partial charge >= 0.3 is 5.69 Å². The fourth-order valence-corrected chi connectivity index (χ4v) is 6.32. The molecule has 200 valence electrons. The fourth-order valence-electron chi connectivity index (χ4n) is 5.35. The molecular formula is C28H29N7O3S. The molecule has 4 N–H and O–H groups in total. The van der Waals surface area contributed by atoms with Crippen molar-refractivity contribution in [3.05, 3.63) is 85.9 Å². The Morgan fingerprint density at radius 3 is 2.67 bits per heavy atom. The topological polar surface area (TPSA) is 134 Å². The number of carbonyl (C=O) groups is 1. The van der Waals surface area contributed by atoms with Gasteiger partial charge in [-0.15, -0.1) is 11.3 Å². The molecule has 11 heteroatoms. The number of benzene rings is 2. The molecule has 2 aromatic carbocycles. The van der Waals surface area contributed by atoms with Gasteiger partial charge in [-0.05, 0) is 30.5 Å². The predicted octanol–water partition coefficient (Wildman–Crippen LogP) is 2.55. The first kappa shape index (κ1) is 25.1. The Kier molecular flexibility index (Phi) is 6.32. The molecule has 1 fully saturated rings. The molecule has 10 nitrogen and oxygen atoms in total. The van der Waals surface area contributed by atoms with E-state index in [-0.39, 0.29) is 36.1 Å². The van der Waals surface area contributed by atoms with Crippen LogP contribution in [0.5, 0.6) is 0 Å². The molecule has 6 rings (SSSR count). The number of hydrogen-bond donors (Lipinski definition) is 2. The molecule has 0 amide bonds. The highest BCUT2D eigenvalue weighted by Gasteiger charge is 2.27. The maximum atomic E-state index is 14.0. The molecule has 1 unspecified atom stereocenters. The minimum Gasteiger partial charge on any atom is -0.398 e. The number of hydrogen-bond acceptors (Lipinski definition) is 8. The zero-order chi connectivity index (χ0) is 27.3. The van der Waals surface area contributed by atoms with Crippen molar-refractivity contribution in [2.24, 2.45) is 12.8 Å². The lowest BCUT2D eigenvalue weighted by molar-refractivity contribution is 0.0971. The van der Waals surface area contributed by atoms with Crippen LogP contribution in [0, 0.1) is 0 Å². The van der Waals surface area contributed by atoms with Crippen molar-refractivity contribution in [2.75, 3.05) is 23.7 Å². The Labute approximate surface area is 227 Å². The summed E-state index contributed by atoms with van der Waals surface area (Å²) < 4.78 is 5.13. The summed E-state index contributed by atoms with van der Waals surface area (Å²) in [6.45, 7) is 1.22. The van der Waals surface area contributed by atoms with Gasteiger partial charge in [0.2, 0.25) is 5.95 Å². The second-order valence-corrected chi connectivity index (χ2v) is 10.9. The van der Waals surface area contributed by atoms with Crippen molar-refractivity contribution in [3.8, 4) is 0 Å². The normalized spacial score (nSPS) is 15.8. The number of piperidine rings is 1. The first-order chi connectivity index (χ1) is 18.8. The second-order valence-electron chi connectivity index (χ2n) is 10.0. The first-order valence-corrected chi connectivity index (χ1v) is 13.7. The van der Waals surface area contributed by atoms with E-state index in [1.54, 1.807) is 12.4 Å². The molecule has 1 atom stereocenters. The van der Waals surface area contributed by atoms with Crippen molar-refractivity contribution in [1.29, 1.82) is 0 Å². The number of aryl methyl sites for hydroxylation is 1. The van der Waals surface area contributed by atoms with Gasteiger partial charge in [-0.25, -0.2) is 4.79 Å². The van der Waals surface area contributed by atoms with E-state index in [0.29, 0.717) is 23.7 Å². The van der Waals surface area contributed by atoms with E-state index in [1.165, 1.54) is 15.9 Å². The molecule has 39 heavy (non-hydrogen) atoms. The summed E-state index contributed by atoms with van der Waals surface area (Å²) in [4.78, 5) is 47.6. The minimum atomic E-state index is -0.592. The number of fused-ring (bicyclic) bond motifs is 2. The minimum absolute atomic E-state index is 0.0210. The van der Waals surface area contributed by atoms with Gasteiger partial charge in [-0.3, -0.25) is 23.3 Å². The van der Waals surface area contributed by atoms with Crippen LogP contribution in [0.25, 0.3) is 21.3 Å². The van der Waals surface area contributed by atoms with E-state index in [1.807, 2.05) is 53.1 Å². The Balaban J connectivity index is 1.52. The Bertz CT molecular complexity index is 1850. The third-order valence-electron chi connectivity index (χ3n) is 7.42. The highest BCUT2D eigenvalue weighted by molar-refractivity contribution is 7.17. The van der Waals surface area contributed by atoms with E-state index in [4.69, 9.17) is 16.5 Å². The Hall–Kier alpha value is -4.22. The molecule has 0 radical (unpaired) electrons. The number of Topliss-reactive ketones (excluding diaryl/α,β-unsaturated/α-hetero) is 1. The third kappa shape index (κ3) is 4.33. The monoisotopic (exact) mass is 543 g/mol. The SMILES string of the molecule is Cn1c(=O)n(CC(=O)c2csc3ccccc23)c(=O)c2c1nc(N1CCCC(N)C1)n2Cc1ccccc1N. The highest BCUT2D eigenvalue weighted by atomic mass is 32.1. The average Bonchev–Trinajstić information content (AvgIpc) is 3.53. The number of nitrogen functional groups attached to an aromatic ring is 1. The number of para-hydroxylation sites is 1. The Morgan fingerprint density at radius 1 is 1.10 bits per heavy atom. The van der Waals surface area contributed by atoms with Gasteiger partial charge < -0.3 is 16.4 Å². The molecular weight excluding hydrogens is 514 g/mol. The van der Waals surface area contributed by atoms with Crippen LogP contribution in [0.4, 0.5) is 11.6 Å². The maximum absolute atomic E-state index is 14.0. The predicted molar refractivity (Wildman–Crippen MR) is 155 cm³/mol. The summed E-state index contributed by atoms with van der Waals surface area (Å²) in [5.41, 5.74) is 13.8. The summed E-state index contributed by atoms with van der Waals surface area (Å²) in [7, 11) is 1.57. The van der Waals surface area contributed by atoms with Gasteiger partial charge in [0.25, 0.3) is 5.56 Å². The summed E-state index contributed by atoms with van der Waals surface area (Å²) in [6.07, 6.45) is 1.80. The number of carbonyl (C=O) groups excluding carboxylic acids is 1. The summed E-state index contributed by atoms with van der Waals surface area (Å²) >= 11 is 1.46. The van der Waals surface area contributed by atoms with Gasteiger partial charge in [0.05, 0.1) is 13.1 Å². The van der Waals surface area contributed by atoms with Crippen molar-refractivity contribution in [2.45, 2.75) is 32.0 Å². The van der Waals surface area contributed by atoms with E-state index in [9.17, 15) is 14.4 Å². The molecule has 0 bridgehead atoms. The fraction of sp³-hybridized carbons (Fsp3) is 0.286. The third-order valence-corrected chi connectivity index (χ3v) is 8.38. The van der Waals surface area contributed by atoms with Crippen molar-refractivity contribution < 1.29 is 4.79 Å². The number of anilines is 2. The van der Waals surface area contributed by atoms with Crippen LogP contribution in [0.1, 0.15) is 28.8 Å². The highest BCUT2D eigenvalue weighted by Crippen LogP contribution is 2.27. The molecule has 0 saturated carbocycles. The lowest BCUT2D eigenvalue weighted by Gasteiger charge is -2.32. The molecule has 5 aromatic rings. The van der Waals surface area contributed by atoms with Crippen LogP contribution >= 0.6 is 11.3 Å². The number of imidazole rings is 1. The van der Waals surface area contributed by atoms with Crippen LogP contribution in [0.15, 0.2) is 63.5 Å². The molecule has 1 aliphatic heterocycles. The van der Waals surface area contributed by atoms with Gasteiger partial charge in [0, 0.05) is 52.9 Å². The number of nitrogens with zero attached hydrogens (tertiary/aromatic N) is 5. The van der Waals surface area contributed by atoms with E-state index in [2.05, 4.69) is 4.90 Å². The van der Waals surface area contributed by atoms with Crippen LogP contribution < -0.4 is 27.6 Å². The summed E-state index contributed by atoms with van der Waals surface area (Å²) in [6, 6.07) is 15.0. The number of rotatable bonds is 6. The van der Waals surface area contributed by atoms with Crippen molar-refractivity contribution in [1.82, 2.24) is 18.7 Å². The lowest BCUT2D eigenvalue weighted by Crippen LogP contribution is -2.44. The molecule has 1 aliphatic rings. The van der Waals surface area contributed by atoms with Gasteiger partial charge in [0.1, 0.15) is 0 Å². The number of ketones is 1. The van der Waals surface area contributed by atoms with E-state index in [0.717, 1.165) is 39.6 Å².